The fraction of sp³-hybridized carbons (Fsp3) is 0.947. The van der Waals surface area contributed by atoms with Gasteiger partial charge in [0, 0.05) is 6.42 Å². The van der Waals surface area contributed by atoms with Crippen LogP contribution in [0.5, 0.6) is 0 Å². The fourth-order valence-electron chi connectivity index (χ4n) is 9.18. The summed E-state index contributed by atoms with van der Waals surface area (Å²) in [6.45, 7) is 4.35. The van der Waals surface area contributed by atoms with Crippen LogP contribution in [0.15, 0.2) is 12.2 Å². The Kier molecular flexibility index (Phi) is 52.7. The molecule has 4 nitrogen and oxygen atoms in total. The van der Waals surface area contributed by atoms with Gasteiger partial charge in [-0.05, 0) is 19.3 Å². The number of nitrogens with one attached hydrogen (secondary N) is 1. The topological polar surface area (TPSA) is 69.6 Å². The second-order valence-electron chi connectivity index (χ2n) is 19.7. The van der Waals surface area contributed by atoms with Gasteiger partial charge < -0.3 is 15.5 Å². The van der Waals surface area contributed by atoms with Crippen molar-refractivity contribution in [2.45, 2.75) is 341 Å². The van der Waals surface area contributed by atoms with Crippen LogP contribution in [0.4, 0.5) is 0 Å². The van der Waals surface area contributed by atoms with E-state index in [-0.39, 0.29) is 12.5 Å². The van der Waals surface area contributed by atoms with Crippen LogP contribution in [-0.4, -0.2) is 34.9 Å². The lowest BCUT2D eigenvalue weighted by Gasteiger charge is -2.20. The van der Waals surface area contributed by atoms with E-state index < -0.39 is 12.1 Å². The molecule has 0 heterocycles. The summed E-state index contributed by atoms with van der Waals surface area (Å²) < 4.78 is 0. The molecule has 2 unspecified atom stereocenters. The van der Waals surface area contributed by atoms with Gasteiger partial charge in [-0.1, -0.05) is 315 Å². The molecule has 0 rings (SSSR count). The van der Waals surface area contributed by atoms with Crippen molar-refractivity contribution in [2.24, 2.45) is 0 Å². The Hall–Kier alpha value is -0.870. The smallest absolute Gasteiger partial charge is 0.220 e. The third-order valence-electron chi connectivity index (χ3n) is 13.5. The van der Waals surface area contributed by atoms with Gasteiger partial charge in [0.2, 0.25) is 5.91 Å². The first-order valence-electron chi connectivity index (χ1n) is 28.4. The highest BCUT2D eigenvalue weighted by Gasteiger charge is 2.18. The van der Waals surface area contributed by atoms with E-state index >= 15 is 0 Å². The van der Waals surface area contributed by atoms with Gasteiger partial charge in [-0.25, -0.2) is 0 Å². The number of hydrogen-bond donors (Lipinski definition) is 3. The minimum Gasteiger partial charge on any atom is -0.394 e. The lowest BCUT2D eigenvalue weighted by molar-refractivity contribution is -0.123. The van der Waals surface area contributed by atoms with E-state index in [1.165, 1.54) is 283 Å². The van der Waals surface area contributed by atoms with Crippen molar-refractivity contribution in [1.82, 2.24) is 5.32 Å². The number of hydrogen-bond acceptors (Lipinski definition) is 3. The number of carbonyl (C=O) groups excluding carboxylic acids is 1. The number of unbranched alkanes of at least 4 members (excludes halogenated alkanes) is 46. The van der Waals surface area contributed by atoms with E-state index in [1.807, 2.05) is 6.08 Å². The number of aliphatic hydroxyl groups is 2. The summed E-state index contributed by atoms with van der Waals surface area (Å²) in [7, 11) is 0. The van der Waals surface area contributed by atoms with Crippen LogP contribution in [-0.2, 0) is 4.79 Å². The van der Waals surface area contributed by atoms with Gasteiger partial charge in [0.15, 0.2) is 0 Å². The molecule has 0 aliphatic carbocycles. The Balaban J connectivity index is 3.43. The Morgan fingerprint density at radius 2 is 0.607 bits per heavy atom. The second-order valence-corrected chi connectivity index (χ2v) is 19.7. The third-order valence-corrected chi connectivity index (χ3v) is 13.5. The van der Waals surface area contributed by atoms with Gasteiger partial charge in [0.05, 0.1) is 18.8 Å². The van der Waals surface area contributed by atoms with Gasteiger partial charge in [0.1, 0.15) is 0 Å². The summed E-state index contributed by atoms with van der Waals surface area (Å²) in [4.78, 5) is 12.5. The van der Waals surface area contributed by atoms with Crippen molar-refractivity contribution >= 4 is 5.91 Å². The summed E-state index contributed by atoms with van der Waals surface area (Å²) >= 11 is 0. The van der Waals surface area contributed by atoms with Gasteiger partial charge >= 0.3 is 0 Å². The monoisotopic (exact) mass is 860 g/mol. The van der Waals surface area contributed by atoms with E-state index in [2.05, 4.69) is 19.2 Å². The van der Waals surface area contributed by atoms with Gasteiger partial charge in [-0.15, -0.1) is 0 Å². The summed E-state index contributed by atoms with van der Waals surface area (Å²) in [5.41, 5.74) is 0. The zero-order valence-corrected chi connectivity index (χ0v) is 42.0. The lowest BCUT2D eigenvalue weighted by Crippen LogP contribution is -2.45. The molecule has 61 heavy (non-hydrogen) atoms. The molecule has 0 aromatic heterocycles. The van der Waals surface area contributed by atoms with Crippen molar-refractivity contribution in [3.05, 3.63) is 12.2 Å². The highest BCUT2D eigenvalue weighted by Crippen LogP contribution is 2.18. The minimum absolute atomic E-state index is 0.0555. The van der Waals surface area contributed by atoms with E-state index in [4.69, 9.17) is 0 Å². The molecule has 364 valence electrons. The average molecular weight is 861 g/mol. The molecule has 0 radical (unpaired) electrons. The van der Waals surface area contributed by atoms with Crippen molar-refractivity contribution in [3.63, 3.8) is 0 Å². The van der Waals surface area contributed by atoms with E-state index in [9.17, 15) is 15.0 Å². The van der Waals surface area contributed by atoms with Crippen LogP contribution in [0, 0.1) is 0 Å². The van der Waals surface area contributed by atoms with Crippen molar-refractivity contribution < 1.29 is 15.0 Å². The molecule has 0 saturated heterocycles. The maximum Gasteiger partial charge on any atom is 0.220 e. The second kappa shape index (κ2) is 53.5. The van der Waals surface area contributed by atoms with Gasteiger partial charge in [-0.2, -0.15) is 0 Å². The maximum absolute atomic E-state index is 12.5. The van der Waals surface area contributed by atoms with Gasteiger partial charge in [0.25, 0.3) is 0 Å². The predicted octanol–water partition coefficient (Wildman–Crippen LogP) is 18.5. The van der Waals surface area contributed by atoms with E-state index in [1.54, 1.807) is 6.08 Å². The lowest BCUT2D eigenvalue weighted by atomic mass is 10.0. The molecule has 0 saturated carbocycles. The average Bonchev–Trinajstić information content (AvgIpc) is 3.26. The largest absolute Gasteiger partial charge is 0.394 e. The zero-order valence-electron chi connectivity index (χ0n) is 42.0. The van der Waals surface area contributed by atoms with Crippen LogP contribution in [0.2, 0.25) is 0 Å². The Bertz CT molecular complexity index is 844. The normalized spacial score (nSPS) is 12.8. The first kappa shape index (κ1) is 60.1. The third kappa shape index (κ3) is 50.0. The quantitative estimate of drug-likeness (QED) is 0.0421. The van der Waals surface area contributed by atoms with Gasteiger partial charge in [-0.3, -0.25) is 4.79 Å². The van der Waals surface area contributed by atoms with Crippen molar-refractivity contribution in [1.29, 1.82) is 0 Å². The first-order valence-corrected chi connectivity index (χ1v) is 28.4. The van der Waals surface area contributed by atoms with Crippen molar-refractivity contribution in [2.75, 3.05) is 6.61 Å². The fourth-order valence-corrected chi connectivity index (χ4v) is 9.18. The zero-order chi connectivity index (χ0) is 44.2. The summed E-state index contributed by atoms with van der Waals surface area (Å²) in [5.74, 6) is -0.0555. The van der Waals surface area contributed by atoms with Crippen LogP contribution in [0.1, 0.15) is 328 Å². The van der Waals surface area contributed by atoms with Crippen LogP contribution >= 0.6 is 0 Å². The predicted molar refractivity (Wildman–Crippen MR) is 272 cm³/mol. The molecule has 3 N–H and O–H groups in total. The summed E-state index contributed by atoms with van der Waals surface area (Å²) in [5, 5.41) is 23.2. The number of rotatable bonds is 53. The first-order chi connectivity index (χ1) is 30.2. The summed E-state index contributed by atoms with van der Waals surface area (Å²) in [6, 6.07) is -0.618. The molecular weight excluding hydrogens is 747 g/mol. The molecule has 0 fully saturated rings. The standard InChI is InChI=1S/C57H113NO3/c1-3-5-7-9-11-13-15-17-19-21-23-25-26-27-28-29-30-31-32-33-35-37-39-41-43-45-47-49-51-53-57(61)58-55(54-59)56(60)52-50-48-46-44-42-40-38-36-34-24-22-20-18-16-14-12-10-8-6-4-2/h50,52,55-56,59-60H,3-49,51,53-54H2,1-2H3,(H,58,61)/b52-50+. The van der Waals surface area contributed by atoms with Crippen LogP contribution in [0.25, 0.3) is 0 Å². The Morgan fingerprint density at radius 1 is 0.377 bits per heavy atom. The van der Waals surface area contributed by atoms with Crippen LogP contribution in [0.3, 0.4) is 0 Å². The van der Waals surface area contributed by atoms with E-state index in [0.29, 0.717) is 6.42 Å². The SMILES string of the molecule is CCCCCCCCCCCCCCCCCCCC/C=C/C(O)C(CO)NC(=O)CCCCCCCCCCCCCCCCCCCCCCCCCCCCCCC. The number of allylic oxidation sites excluding steroid dienone is 1. The molecule has 0 aliphatic rings. The molecule has 0 spiro atoms. The highest BCUT2D eigenvalue weighted by molar-refractivity contribution is 5.76. The Labute approximate surface area is 384 Å². The number of aliphatic hydroxyl groups excluding tert-OH is 2. The molecule has 1 amide bonds. The number of amides is 1. The van der Waals surface area contributed by atoms with Crippen molar-refractivity contribution in [3.8, 4) is 0 Å². The minimum atomic E-state index is -0.835. The van der Waals surface area contributed by atoms with E-state index in [0.717, 1.165) is 25.7 Å². The maximum atomic E-state index is 12.5. The molecule has 4 heteroatoms. The molecular formula is C57H113NO3. The Morgan fingerprint density at radius 3 is 0.852 bits per heavy atom. The molecule has 0 aliphatic heterocycles. The summed E-state index contributed by atoms with van der Waals surface area (Å²) in [6.07, 6.45) is 69.5. The molecule has 0 aromatic rings. The number of carbonyl (C=O) groups is 1. The highest BCUT2D eigenvalue weighted by atomic mass is 16.3. The molecule has 0 aromatic carbocycles. The van der Waals surface area contributed by atoms with Crippen LogP contribution < -0.4 is 5.32 Å². The molecule has 2 atom stereocenters. The molecule has 0 bridgehead atoms.